The van der Waals surface area contributed by atoms with E-state index in [2.05, 4.69) is 10.3 Å². The number of carbonyl (C=O) groups excluding carboxylic acids is 3. The van der Waals surface area contributed by atoms with Crippen LogP contribution in [0.1, 0.15) is 61.9 Å². The summed E-state index contributed by atoms with van der Waals surface area (Å²) in [6.45, 7) is 2.56. The molecule has 1 N–H and O–H groups in total. The summed E-state index contributed by atoms with van der Waals surface area (Å²) in [7, 11) is 4.53. The number of piperidine rings is 1. The summed E-state index contributed by atoms with van der Waals surface area (Å²) in [5, 5.41) is 5.38. The highest BCUT2D eigenvalue weighted by molar-refractivity contribution is 7.10. The molecule has 1 aliphatic heterocycles. The zero-order valence-corrected chi connectivity index (χ0v) is 22.0. The molecule has 0 bridgehead atoms. The summed E-state index contributed by atoms with van der Waals surface area (Å²) < 4.78 is 16.2. The fourth-order valence-corrected chi connectivity index (χ4v) is 5.41. The summed E-state index contributed by atoms with van der Waals surface area (Å²) in [6, 6.07) is 10.3. The lowest BCUT2D eigenvalue weighted by atomic mass is 9.97. The third-order valence-corrected chi connectivity index (χ3v) is 7.38. The quantitative estimate of drug-likeness (QED) is 0.429. The van der Waals surface area contributed by atoms with Crippen LogP contribution in [0, 0.1) is 0 Å². The summed E-state index contributed by atoms with van der Waals surface area (Å²) >= 11 is 1.43. The molecule has 0 spiro atoms. The molecule has 3 aromatic rings. The van der Waals surface area contributed by atoms with Crippen molar-refractivity contribution in [2.45, 2.75) is 25.7 Å². The van der Waals surface area contributed by atoms with Gasteiger partial charge in [-0.2, -0.15) is 0 Å². The highest BCUT2D eigenvalue weighted by atomic mass is 32.1. The minimum atomic E-state index is -0.357. The Bertz CT molecular complexity index is 1310. The molecule has 2 amide bonds. The lowest BCUT2D eigenvalue weighted by Gasteiger charge is -2.31. The molecule has 9 nitrogen and oxygen atoms in total. The minimum Gasteiger partial charge on any atom is -0.493 e. The molecule has 1 fully saturated rings. The number of nitrogens with one attached hydrogen (secondary N) is 1. The Balaban J connectivity index is 1.41. The summed E-state index contributed by atoms with van der Waals surface area (Å²) in [5.74, 6) is 0.738. The maximum absolute atomic E-state index is 13.3. The van der Waals surface area contributed by atoms with Gasteiger partial charge in [-0.1, -0.05) is 12.1 Å². The van der Waals surface area contributed by atoms with E-state index in [0.717, 1.165) is 17.8 Å². The zero-order chi connectivity index (χ0) is 26.5. The largest absolute Gasteiger partial charge is 0.493 e. The zero-order valence-electron chi connectivity index (χ0n) is 21.2. The van der Waals surface area contributed by atoms with Gasteiger partial charge < -0.3 is 24.4 Å². The van der Waals surface area contributed by atoms with Crippen molar-refractivity contribution < 1.29 is 28.6 Å². The first-order chi connectivity index (χ1) is 17.9. The molecule has 2 aromatic carbocycles. The summed E-state index contributed by atoms with van der Waals surface area (Å²) in [6.07, 6.45) is 1.45. The average molecular weight is 524 g/mol. The molecule has 0 unspecified atom stereocenters. The fraction of sp³-hybridized carbons (Fsp3) is 0.333. The van der Waals surface area contributed by atoms with Crippen molar-refractivity contribution in [2.75, 3.05) is 39.7 Å². The van der Waals surface area contributed by atoms with Gasteiger partial charge in [0, 0.05) is 30.0 Å². The number of amides is 2. The number of methoxy groups -OCH3 is 3. The van der Waals surface area contributed by atoms with Crippen molar-refractivity contribution >= 4 is 34.6 Å². The average Bonchev–Trinajstić information content (AvgIpc) is 3.42. The van der Waals surface area contributed by atoms with E-state index in [1.165, 1.54) is 39.6 Å². The van der Waals surface area contributed by atoms with Gasteiger partial charge in [0.1, 0.15) is 5.69 Å². The van der Waals surface area contributed by atoms with Gasteiger partial charge in [-0.05, 0) is 44.0 Å². The molecule has 0 aliphatic carbocycles. The van der Waals surface area contributed by atoms with Crippen molar-refractivity contribution in [1.29, 1.82) is 0 Å². The van der Waals surface area contributed by atoms with E-state index in [9.17, 15) is 14.4 Å². The lowest BCUT2D eigenvalue weighted by Crippen LogP contribution is -2.38. The number of rotatable bonds is 8. The van der Waals surface area contributed by atoms with Crippen LogP contribution in [0.25, 0.3) is 0 Å². The monoisotopic (exact) mass is 523 g/mol. The van der Waals surface area contributed by atoms with Crippen molar-refractivity contribution in [3.63, 3.8) is 0 Å². The first kappa shape index (κ1) is 26.2. The number of thiazole rings is 1. The van der Waals surface area contributed by atoms with E-state index < -0.39 is 0 Å². The van der Waals surface area contributed by atoms with Gasteiger partial charge in [-0.15, -0.1) is 11.3 Å². The number of para-hydroxylation sites is 1. The van der Waals surface area contributed by atoms with Gasteiger partial charge in [0.05, 0.1) is 37.6 Å². The predicted octanol–water partition coefficient (Wildman–Crippen LogP) is 4.64. The maximum atomic E-state index is 13.3. The number of ketones is 1. The third-order valence-electron chi connectivity index (χ3n) is 6.38. The van der Waals surface area contributed by atoms with Crippen LogP contribution < -0.4 is 19.5 Å². The van der Waals surface area contributed by atoms with Gasteiger partial charge in [0.2, 0.25) is 5.75 Å². The van der Waals surface area contributed by atoms with E-state index in [4.69, 9.17) is 14.2 Å². The number of benzene rings is 2. The van der Waals surface area contributed by atoms with E-state index >= 15 is 0 Å². The Hall–Kier alpha value is -3.92. The molecule has 1 aliphatic rings. The molecule has 0 atom stereocenters. The number of anilines is 1. The maximum Gasteiger partial charge on any atom is 0.275 e. The number of hydrogen-bond donors (Lipinski definition) is 1. The second-order valence-electron chi connectivity index (χ2n) is 8.58. The number of ether oxygens (including phenoxy) is 3. The molecule has 37 heavy (non-hydrogen) atoms. The predicted molar refractivity (Wildman–Crippen MR) is 140 cm³/mol. The number of aromatic nitrogens is 1. The van der Waals surface area contributed by atoms with E-state index in [1.54, 1.807) is 46.7 Å². The number of carbonyl (C=O) groups is 3. The Morgan fingerprint density at radius 1 is 0.946 bits per heavy atom. The van der Waals surface area contributed by atoms with Crippen LogP contribution in [-0.4, -0.2) is 61.9 Å². The Morgan fingerprint density at radius 3 is 2.30 bits per heavy atom. The summed E-state index contributed by atoms with van der Waals surface area (Å²) in [5.41, 5.74) is 1.64. The first-order valence-corrected chi connectivity index (χ1v) is 12.7. The normalized spacial score (nSPS) is 13.7. The second kappa shape index (κ2) is 11.4. The molecule has 1 aromatic heterocycles. The smallest absolute Gasteiger partial charge is 0.275 e. The van der Waals surface area contributed by atoms with Crippen LogP contribution in [0.3, 0.4) is 0 Å². The molecule has 194 valence electrons. The van der Waals surface area contributed by atoms with Crippen molar-refractivity contribution in [1.82, 2.24) is 9.88 Å². The molecule has 4 rings (SSSR count). The van der Waals surface area contributed by atoms with E-state index in [0.29, 0.717) is 52.8 Å². The highest BCUT2D eigenvalue weighted by Gasteiger charge is 2.30. The molecular formula is C27H29N3O6S. The SMILES string of the molecule is COc1ccc(C(=O)N2CCC(c3nc(C(=O)Nc4ccccc4C(C)=O)cs3)CC2)c(OC)c1OC. The standard InChI is InChI=1S/C27H29N3O6S/c1-16(31)18-7-5-6-8-20(18)28-25(32)21-15-37-26(29-21)17-11-13-30(14-12-17)27(33)19-9-10-22(34-2)24(36-4)23(19)35-3/h5-10,15,17H,11-14H2,1-4H3,(H,28,32). The van der Waals surface area contributed by atoms with Crippen LogP contribution in [0.2, 0.25) is 0 Å². The van der Waals surface area contributed by atoms with E-state index in [-0.39, 0.29) is 23.5 Å². The number of Topliss-reactive ketones (excluding diaryl/α,β-unsaturated/α-hetero) is 1. The van der Waals surface area contributed by atoms with Gasteiger partial charge in [0.15, 0.2) is 17.3 Å². The van der Waals surface area contributed by atoms with Crippen LogP contribution in [0.4, 0.5) is 5.69 Å². The van der Waals surface area contributed by atoms with Crippen LogP contribution in [0.5, 0.6) is 17.2 Å². The molecule has 10 heteroatoms. The third kappa shape index (κ3) is 5.43. The highest BCUT2D eigenvalue weighted by Crippen LogP contribution is 2.41. The van der Waals surface area contributed by atoms with Gasteiger partial charge in [-0.3, -0.25) is 14.4 Å². The molecule has 0 radical (unpaired) electrons. The van der Waals surface area contributed by atoms with Gasteiger partial charge in [-0.25, -0.2) is 4.98 Å². The fourth-order valence-electron chi connectivity index (χ4n) is 4.43. The molecule has 1 saturated heterocycles. The first-order valence-electron chi connectivity index (χ1n) is 11.8. The second-order valence-corrected chi connectivity index (χ2v) is 9.46. The van der Waals surface area contributed by atoms with Gasteiger partial charge >= 0.3 is 0 Å². The van der Waals surface area contributed by atoms with Crippen LogP contribution in [0.15, 0.2) is 41.8 Å². The van der Waals surface area contributed by atoms with Gasteiger partial charge in [0.25, 0.3) is 11.8 Å². The minimum absolute atomic E-state index is 0.123. The molecular weight excluding hydrogens is 494 g/mol. The lowest BCUT2D eigenvalue weighted by molar-refractivity contribution is 0.0708. The molecule has 0 saturated carbocycles. The van der Waals surface area contributed by atoms with Crippen LogP contribution >= 0.6 is 11.3 Å². The number of likely N-dealkylation sites (tertiary alicyclic amines) is 1. The number of nitrogens with zero attached hydrogens (tertiary/aromatic N) is 2. The Morgan fingerprint density at radius 2 is 1.65 bits per heavy atom. The topological polar surface area (TPSA) is 107 Å². The van der Waals surface area contributed by atoms with Crippen molar-refractivity contribution in [2.24, 2.45) is 0 Å². The van der Waals surface area contributed by atoms with E-state index in [1.807, 2.05) is 0 Å². The molecule has 2 heterocycles. The Kier molecular flexibility index (Phi) is 8.08. The Labute approximate surface area is 219 Å². The van der Waals surface area contributed by atoms with Crippen molar-refractivity contribution in [3.8, 4) is 17.2 Å². The van der Waals surface area contributed by atoms with Crippen LogP contribution in [-0.2, 0) is 0 Å². The summed E-state index contributed by atoms with van der Waals surface area (Å²) in [4.78, 5) is 44.3. The number of hydrogen-bond acceptors (Lipinski definition) is 8. The van der Waals surface area contributed by atoms with Crippen molar-refractivity contribution in [3.05, 3.63) is 63.6 Å².